The molecular formula is C25H27N7O3. The van der Waals surface area contributed by atoms with Crippen molar-refractivity contribution in [1.82, 2.24) is 35.6 Å². The van der Waals surface area contributed by atoms with E-state index in [4.69, 9.17) is 4.74 Å². The van der Waals surface area contributed by atoms with E-state index in [1.54, 1.807) is 12.4 Å². The fraction of sp³-hybridized carbons (Fsp3) is 0.400. The molecule has 35 heavy (non-hydrogen) atoms. The van der Waals surface area contributed by atoms with E-state index < -0.39 is 6.10 Å². The molecule has 3 aromatic heterocycles. The van der Waals surface area contributed by atoms with Crippen LogP contribution in [0.3, 0.4) is 0 Å². The highest BCUT2D eigenvalue weighted by atomic mass is 16.5. The maximum Gasteiger partial charge on any atom is 0.270 e. The highest BCUT2D eigenvalue weighted by Crippen LogP contribution is 2.34. The Morgan fingerprint density at radius 1 is 1.23 bits per heavy atom. The van der Waals surface area contributed by atoms with Crippen LogP contribution in [0.1, 0.15) is 48.0 Å². The average molecular weight is 474 g/mol. The van der Waals surface area contributed by atoms with E-state index in [1.807, 2.05) is 24.3 Å². The summed E-state index contributed by atoms with van der Waals surface area (Å²) in [5.41, 5.74) is 3.00. The monoisotopic (exact) mass is 473 g/mol. The number of carbonyl (C=O) groups excluding carboxylic acids is 1. The molecule has 180 valence electrons. The first-order valence-corrected chi connectivity index (χ1v) is 12.1. The van der Waals surface area contributed by atoms with E-state index in [2.05, 4.69) is 35.6 Å². The highest BCUT2D eigenvalue weighted by molar-refractivity contribution is 5.97. The van der Waals surface area contributed by atoms with Gasteiger partial charge in [0, 0.05) is 18.0 Å². The predicted molar refractivity (Wildman–Crippen MR) is 129 cm³/mol. The summed E-state index contributed by atoms with van der Waals surface area (Å²) < 4.78 is 6.68. The van der Waals surface area contributed by atoms with E-state index >= 15 is 0 Å². The minimum Gasteiger partial charge on any atom is -0.482 e. The quantitative estimate of drug-likeness (QED) is 0.321. The van der Waals surface area contributed by atoms with Gasteiger partial charge in [-0.25, -0.2) is 19.9 Å². The second-order valence-electron chi connectivity index (χ2n) is 9.32. The van der Waals surface area contributed by atoms with Gasteiger partial charge in [-0.3, -0.25) is 4.79 Å². The zero-order chi connectivity index (χ0) is 23.8. The van der Waals surface area contributed by atoms with Gasteiger partial charge in [0.1, 0.15) is 29.0 Å². The minimum atomic E-state index is -0.426. The number of fused-ring (bicyclic) bond motifs is 2. The number of pyridine rings is 1. The number of para-hydroxylation sites is 1. The Balaban J connectivity index is 1.35. The fourth-order valence-electron chi connectivity index (χ4n) is 4.98. The van der Waals surface area contributed by atoms with Crippen molar-refractivity contribution in [1.29, 1.82) is 0 Å². The number of benzene rings is 1. The molecule has 0 radical (unpaired) electrons. The second kappa shape index (κ2) is 9.20. The molecule has 0 bridgehead atoms. The smallest absolute Gasteiger partial charge is 0.270 e. The molecule has 10 heteroatoms. The molecule has 2 aliphatic rings. The van der Waals surface area contributed by atoms with Gasteiger partial charge in [0.25, 0.3) is 5.91 Å². The SMILES string of the molecule is O=C(NCC1CC(O)C1)c1cc(O[C@@H](c2ncnc3[nH]cnc23)C2CCCN2)c2ccccc2n1. The van der Waals surface area contributed by atoms with Gasteiger partial charge in [0.05, 0.1) is 24.0 Å². The summed E-state index contributed by atoms with van der Waals surface area (Å²) >= 11 is 0. The van der Waals surface area contributed by atoms with Crippen molar-refractivity contribution in [3.63, 3.8) is 0 Å². The topological polar surface area (TPSA) is 138 Å². The number of hydrogen-bond donors (Lipinski definition) is 4. The zero-order valence-corrected chi connectivity index (χ0v) is 19.1. The molecule has 1 saturated heterocycles. The van der Waals surface area contributed by atoms with E-state index in [9.17, 15) is 9.90 Å². The van der Waals surface area contributed by atoms with Gasteiger partial charge in [-0.1, -0.05) is 12.1 Å². The summed E-state index contributed by atoms with van der Waals surface area (Å²) in [5.74, 6) is 0.618. The number of aromatic nitrogens is 5. The molecule has 4 heterocycles. The predicted octanol–water partition coefficient (Wildman–Crippen LogP) is 2.27. The first-order chi connectivity index (χ1) is 17.2. The molecule has 6 rings (SSSR count). The van der Waals surface area contributed by atoms with Gasteiger partial charge in [-0.2, -0.15) is 0 Å². The molecule has 1 aliphatic carbocycles. The molecule has 0 spiro atoms. The lowest BCUT2D eigenvalue weighted by Gasteiger charge is -2.31. The van der Waals surface area contributed by atoms with Gasteiger partial charge in [0.15, 0.2) is 11.8 Å². The van der Waals surface area contributed by atoms with Crippen molar-refractivity contribution in [2.75, 3.05) is 13.1 Å². The first-order valence-electron chi connectivity index (χ1n) is 12.1. The summed E-state index contributed by atoms with van der Waals surface area (Å²) in [7, 11) is 0. The maximum atomic E-state index is 13.0. The Morgan fingerprint density at radius 2 is 2.11 bits per heavy atom. The number of aromatic amines is 1. The largest absolute Gasteiger partial charge is 0.482 e. The number of imidazole rings is 1. The molecule has 1 aliphatic heterocycles. The second-order valence-corrected chi connectivity index (χ2v) is 9.32. The summed E-state index contributed by atoms with van der Waals surface area (Å²) in [6.45, 7) is 1.42. The van der Waals surface area contributed by atoms with Crippen molar-refractivity contribution >= 4 is 28.0 Å². The molecule has 1 unspecified atom stereocenters. The van der Waals surface area contributed by atoms with Crippen LogP contribution in [0.4, 0.5) is 0 Å². The molecule has 4 N–H and O–H groups in total. The number of aliphatic hydroxyl groups excluding tert-OH is 1. The number of aliphatic hydroxyl groups is 1. The van der Waals surface area contributed by atoms with Gasteiger partial charge >= 0.3 is 0 Å². The van der Waals surface area contributed by atoms with Crippen molar-refractivity contribution in [3.05, 3.63) is 54.4 Å². The minimum absolute atomic E-state index is 0.0408. The lowest BCUT2D eigenvalue weighted by molar-refractivity contribution is 0.0419. The van der Waals surface area contributed by atoms with Crippen LogP contribution >= 0.6 is 0 Å². The van der Waals surface area contributed by atoms with Gasteiger partial charge < -0.3 is 25.5 Å². The fourth-order valence-corrected chi connectivity index (χ4v) is 4.98. The van der Waals surface area contributed by atoms with Crippen molar-refractivity contribution < 1.29 is 14.6 Å². The molecule has 10 nitrogen and oxygen atoms in total. The number of nitrogens with one attached hydrogen (secondary N) is 3. The molecule has 2 atom stereocenters. The summed E-state index contributed by atoms with van der Waals surface area (Å²) in [6, 6.07) is 9.39. The van der Waals surface area contributed by atoms with Gasteiger partial charge in [-0.05, 0) is 50.3 Å². The van der Waals surface area contributed by atoms with Crippen LogP contribution in [0.2, 0.25) is 0 Å². The zero-order valence-electron chi connectivity index (χ0n) is 19.1. The number of hydrogen-bond acceptors (Lipinski definition) is 8. The Morgan fingerprint density at radius 3 is 2.94 bits per heavy atom. The number of rotatable bonds is 7. The number of H-pyrrole nitrogens is 1. The first kappa shape index (κ1) is 21.9. The summed E-state index contributed by atoms with van der Waals surface area (Å²) in [6.07, 6.45) is 5.86. The Hall–Kier alpha value is -3.63. The normalized spacial score (nSPS) is 22.7. The Labute approximate surface area is 201 Å². The lowest BCUT2D eigenvalue weighted by atomic mass is 9.82. The Kier molecular flexibility index (Phi) is 5.75. The Bertz CT molecular complexity index is 1360. The van der Waals surface area contributed by atoms with Crippen LogP contribution < -0.4 is 15.4 Å². The van der Waals surface area contributed by atoms with Crippen LogP contribution in [-0.4, -0.2) is 61.2 Å². The number of amides is 1. The van der Waals surface area contributed by atoms with E-state index in [0.29, 0.717) is 46.3 Å². The molecule has 4 aromatic rings. The van der Waals surface area contributed by atoms with Crippen LogP contribution in [0.5, 0.6) is 5.75 Å². The van der Waals surface area contributed by atoms with E-state index in [-0.39, 0.29) is 18.1 Å². The van der Waals surface area contributed by atoms with Crippen LogP contribution in [-0.2, 0) is 0 Å². The third kappa shape index (κ3) is 4.30. The van der Waals surface area contributed by atoms with Crippen molar-refractivity contribution in [2.45, 2.75) is 43.9 Å². The van der Waals surface area contributed by atoms with E-state index in [0.717, 1.165) is 37.6 Å². The third-order valence-electron chi connectivity index (χ3n) is 6.91. The molecular weight excluding hydrogens is 446 g/mol. The molecule has 1 aromatic carbocycles. The summed E-state index contributed by atoms with van der Waals surface area (Å²) in [5, 5.41) is 16.8. The van der Waals surface area contributed by atoms with Crippen molar-refractivity contribution in [3.8, 4) is 5.75 Å². The van der Waals surface area contributed by atoms with Gasteiger partial charge in [0.2, 0.25) is 0 Å². The maximum absolute atomic E-state index is 13.0. The number of ether oxygens (including phenoxy) is 1. The highest BCUT2D eigenvalue weighted by Gasteiger charge is 2.32. The summed E-state index contributed by atoms with van der Waals surface area (Å²) in [4.78, 5) is 33.9. The third-order valence-corrected chi connectivity index (χ3v) is 6.91. The lowest BCUT2D eigenvalue weighted by Crippen LogP contribution is -2.38. The van der Waals surface area contributed by atoms with E-state index in [1.165, 1.54) is 6.33 Å². The molecule has 1 amide bonds. The number of nitrogens with zero attached hydrogens (tertiary/aromatic N) is 4. The standard InChI is InChI=1S/C25H27N7O3/c33-15-8-14(9-15)11-27-25(34)19-10-20(16-4-1-2-5-17(16)32-19)35-23(18-6-3-7-26-18)21-22-24(30-12-28-21)31-13-29-22/h1-2,4-5,10,12-15,18,23,26,33H,3,6-9,11H2,(H,27,34)(H,28,29,30,31)/t14?,15?,18?,23-/m1/s1. The van der Waals surface area contributed by atoms with Crippen LogP contribution in [0.15, 0.2) is 43.0 Å². The van der Waals surface area contributed by atoms with Crippen LogP contribution in [0.25, 0.3) is 22.1 Å². The van der Waals surface area contributed by atoms with Crippen molar-refractivity contribution in [2.24, 2.45) is 5.92 Å². The van der Waals surface area contributed by atoms with Gasteiger partial charge in [-0.15, -0.1) is 0 Å². The molecule has 2 fully saturated rings. The van der Waals surface area contributed by atoms with Crippen LogP contribution in [0, 0.1) is 5.92 Å². The number of carbonyl (C=O) groups is 1. The average Bonchev–Trinajstić information content (AvgIpc) is 3.56. The molecule has 1 saturated carbocycles.